The summed E-state index contributed by atoms with van der Waals surface area (Å²) in [6, 6.07) is 1.95. The highest BCUT2D eigenvalue weighted by Gasteiger charge is 2.16. The second-order valence-corrected chi connectivity index (χ2v) is 5.68. The number of aliphatic hydroxyl groups excluding tert-OH is 2. The lowest BCUT2D eigenvalue weighted by atomic mass is 9.97. The summed E-state index contributed by atoms with van der Waals surface area (Å²) in [5, 5.41) is 19.9. The number of hydrogen-bond acceptors (Lipinski definition) is 3. The third-order valence-corrected chi connectivity index (χ3v) is 4.06. The first-order chi connectivity index (χ1) is 9.38. The van der Waals surface area contributed by atoms with Crippen LogP contribution in [-0.4, -0.2) is 29.0 Å². The second-order valence-electron chi connectivity index (χ2n) is 5.30. The average Bonchev–Trinajstić information content (AvgIpc) is 2.41. The van der Waals surface area contributed by atoms with Crippen LogP contribution in [0.15, 0.2) is 6.07 Å². The SMILES string of the molecule is CCCOc1cc(C)c(Cl)c(C)c1CCC(O)C(C)O. The lowest BCUT2D eigenvalue weighted by Gasteiger charge is -2.19. The molecule has 0 radical (unpaired) electrons. The topological polar surface area (TPSA) is 49.7 Å². The highest BCUT2D eigenvalue weighted by molar-refractivity contribution is 6.32. The van der Waals surface area contributed by atoms with Crippen LogP contribution in [0.5, 0.6) is 5.75 Å². The first-order valence-electron chi connectivity index (χ1n) is 7.16. The van der Waals surface area contributed by atoms with E-state index in [1.54, 1.807) is 6.92 Å². The van der Waals surface area contributed by atoms with Crippen LogP contribution in [0.25, 0.3) is 0 Å². The van der Waals surface area contributed by atoms with Gasteiger partial charge in [0.15, 0.2) is 0 Å². The molecular weight excluding hydrogens is 276 g/mol. The minimum absolute atomic E-state index is 0.486. The van der Waals surface area contributed by atoms with E-state index in [1.165, 1.54) is 0 Å². The van der Waals surface area contributed by atoms with Crippen molar-refractivity contribution >= 4 is 11.6 Å². The summed E-state index contributed by atoms with van der Waals surface area (Å²) < 4.78 is 5.79. The Hall–Kier alpha value is -0.770. The molecule has 114 valence electrons. The van der Waals surface area contributed by atoms with Gasteiger partial charge in [-0.2, -0.15) is 0 Å². The van der Waals surface area contributed by atoms with Gasteiger partial charge in [-0.05, 0) is 62.8 Å². The molecule has 3 nitrogen and oxygen atoms in total. The summed E-state index contributed by atoms with van der Waals surface area (Å²) in [7, 11) is 0. The van der Waals surface area contributed by atoms with Crippen molar-refractivity contribution in [1.29, 1.82) is 0 Å². The number of rotatable bonds is 7. The fourth-order valence-electron chi connectivity index (χ4n) is 2.15. The smallest absolute Gasteiger partial charge is 0.123 e. The molecule has 0 spiro atoms. The van der Waals surface area contributed by atoms with E-state index in [-0.39, 0.29) is 0 Å². The maximum absolute atomic E-state index is 9.75. The standard InChI is InChI=1S/C16H25ClO3/c1-5-8-20-15-9-10(2)16(17)11(3)13(15)6-7-14(19)12(4)18/h9,12,14,18-19H,5-8H2,1-4H3. The molecule has 0 saturated carbocycles. The molecule has 2 N–H and O–H groups in total. The van der Waals surface area contributed by atoms with Crippen LogP contribution in [0.4, 0.5) is 0 Å². The van der Waals surface area contributed by atoms with Gasteiger partial charge in [-0.1, -0.05) is 18.5 Å². The van der Waals surface area contributed by atoms with Gasteiger partial charge in [-0.3, -0.25) is 0 Å². The molecule has 0 fully saturated rings. The molecule has 0 bridgehead atoms. The van der Waals surface area contributed by atoms with Gasteiger partial charge < -0.3 is 14.9 Å². The second kappa shape index (κ2) is 7.87. The quantitative estimate of drug-likeness (QED) is 0.811. The molecule has 0 aliphatic carbocycles. The normalized spacial score (nSPS) is 14.2. The number of benzene rings is 1. The fraction of sp³-hybridized carbons (Fsp3) is 0.625. The molecule has 2 unspecified atom stereocenters. The zero-order chi connectivity index (χ0) is 15.3. The third kappa shape index (κ3) is 4.37. The zero-order valence-electron chi connectivity index (χ0n) is 12.7. The van der Waals surface area contributed by atoms with Gasteiger partial charge in [-0.15, -0.1) is 0 Å². The molecule has 4 heteroatoms. The zero-order valence-corrected chi connectivity index (χ0v) is 13.5. The van der Waals surface area contributed by atoms with Crippen LogP contribution < -0.4 is 4.74 Å². The van der Waals surface area contributed by atoms with E-state index in [0.717, 1.165) is 33.9 Å². The monoisotopic (exact) mass is 300 g/mol. The minimum atomic E-state index is -0.728. The summed E-state index contributed by atoms with van der Waals surface area (Å²) in [6.45, 7) is 8.24. The van der Waals surface area contributed by atoms with E-state index in [4.69, 9.17) is 16.3 Å². The Morgan fingerprint density at radius 1 is 1.30 bits per heavy atom. The number of ether oxygens (including phenoxy) is 1. The van der Waals surface area contributed by atoms with Gasteiger partial charge in [0.05, 0.1) is 18.8 Å². The van der Waals surface area contributed by atoms with Crippen molar-refractivity contribution in [2.24, 2.45) is 0 Å². The Morgan fingerprint density at radius 2 is 1.95 bits per heavy atom. The van der Waals surface area contributed by atoms with E-state index >= 15 is 0 Å². The summed E-state index contributed by atoms with van der Waals surface area (Å²) in [6.07, 6.45) is 0.609. The fourth-order valence-corrected chi connectivity index (χ4v) is 2.31. The summed E-state index contributed by atoms with van der Waals surface area (Å²) in [5.74, 6) is 0.837. The number of aryl methyl sites for hydroxylation is 1. The molecule has 0 saturated heterocycles. The predicted octanol–water partition coefficient (Wildman–Crippen LogP) is 3.42. The largest absolute Gasteiger partial charge is 0.493 e. The Morgan fingerprint density at radius 3 is 2.50 bits per heavy atom. The Bertz CT molecular complexity index is 444. The van der Waals surface area contributed by atoms with Crippen LogP contribution in [-0.2, 0) is 6.42 Å². The first-order valence-corrected chi connectivity index (χ1v) is 7.53. The Labute approximate surface area is 126 Å². The number of hydrogen-bond donors (Lipinski definition) is 2. The summed E-state index contributed by atoms with van der Waals surface area (Å²) in [4.78, 5) is 0. The van der Waals surface area contributed by atoms with Crippen LogP contribution in [0.2, 0.25) is 5.02 Å². The van der Waals surface area contributed by atoms with Gasteiger partial charge in [0.25, 0.3) is 0 Å². The first kappa shape index (κ1) is 17.3. The van der Waals surface area contributed by atoms with Gasteiger partial charge >= 0.3 is 0 Å². The van der Waals surface area contributed by atoms with Crippen molar-refractivity contribution in [2.45, 2.75) is 59.2 Å². The van der Waals surface area contributed by atoms with E-state index < -0.39 is 12.2 Å². The van der Waals surface area contributed by atoms with Crippen LogP contribution in [0, 0.1) is 13.8 Å². The maximum Gasteiger partial charge on any atom is 0.123 e. The molecule has 1 aromatic carbocycles. The molecule has 0 aliphatic heterocycles. The molecule has 0 aliphatic rings. The molecule has 0 amide bonds. The van der Waals surface area contributed by atoms with E-state index in [1.807, 2.05) is 19.9 Å². The van der Waals surface area contributed by atoms with Crippen molar-refractivity contribution in [3.8, 4) is 5.75 Å². The highest BCUT2D eigenvalue weighted by Crippen LogP contribution is 2.33. The molecule has 1 aromatic rings. The van der Waals surface area contributed by atoms with Crippen molar-refractivity contribution in [1.82, 2.24) is 0 Å². The van der Waals surface area contributed by atoms with Crippen LogP contribution >= 0.6 is 11.6 Å². The molecule has 0 aromatic heterocycles. The molecule has 0 heterocycles. The van der Waals surface area contributed by atoms with E-state index in [2.05, 4.69) is 6.92 Å². The van der Waals surface area contributed by atoms with Crippen LogP contribution in [0.3, 0.4) is 0 Å². The maximum atomic E-state index is 9.75. The third-order valence-electron chi connectivity index (χ3n) is 3.48. The van der Waals surface area contributed by atoms with E-state index in [9.17, 15) is 10.2 Å². The molecule has 20 heavy (non-hydrogen) atoms. The average molecular weight is 301 g/mol. The lowest BCUT2D eigenvalue weighted by molar-refractivity contribution is 0.0264. The minimum Gasteiger partial charge on any atom is -0.493 e. The highest BCUT2D eigenvalue weighted by atomic mass is 35.5. The molecular formula is C16H25ClO3. The van der Waals surface area contributed by atoms with Crippen molar-refractivity contribution in [3.63, 3.8) is 0 Å². The molecule has 2 atom stereocenters. The van der Waals surface area contributed by atoms with Gasteiger partial charge in [0.2, 0.25) is 0 Å². The van der Waals surface area contributed by atoms with Crippen molar-refractivity contribution in [3.05, 3.63) is 27.8 Å². The molecule has 1 rings (SSSR count). The lowest BCUT2D eigenvalue weighted by Crippen LogP contribution is -2.23. The summed E-state index contributed by atoms with van der Waals surface area (Å²) in [5.41, 5.74) is 3.01. The van der Waals surface area contributed by atoms with Crippen molar-refractivity contribution < 1.29 is 14.9 Å². The van der Waals surface area contributed by atoms with Crippen molar-refractivity contribution in [2.75, 3.05) is 6.61 Å². The Kier molecular flexibility index (Phi) is 6.80. The van der Waals surface area contributed by atoms with Gasteiger partial charge in [0, 0.05) is 5.02 Å². The predicted molar refractivity (Wildman–Crippen MR) is 82.7 cm³/mol. The van der Waals surface area contributed by atoms with E-state index in [0.29, 0.717) is 19.4 Å². The number of aliphatic hydroxyl groups is 2. The van der Waals surface area contributed by atoms with Gasteiger partial charge in [-0.25, -0.2) is 0 Å². The van der Waals surface area contributed by atoms with Gasteiger partial charge in [0.1, 0.15) is 5.75 Å². The Balaban J connectivity index is 2.98. The number of halogens is 1. The summed E-state index contributed by atoms with van der Waals surface area (Å²) >= 11 is 6.30. The van der Waals surface area contributed by atoms with Crippen LogP contribution in [0.1, 0.15) is 43.4 Å².